The van der Waals surface area contributed by atoms with E-state index in [-0.39, 0.29) is 30.1 Å². The molecule has 0 atom stereocenters. The van der Waals surface area contributed by atoms with Crippen molar-refractivity contribution >= 4 is 29.1 Å². The number of carbonyl (C=O) groups excluding carboxylic acids is 3. The van der Waals surface area contributed by atoms with E-state index >= 15 is 0 Å². The summed E-state index contributed by atoms with van der Waals surface area (Å²) in [6.07, 6.45) is 2.28. The lowest BCUT2D eigenvalue weighted by molar-refractivity contribution is -0.118. The van der Waals surface area contributed by atoms with Gasteiger partial charge in [0.05, 0.1) is 6.26 Å². The minimum absolute atomic E-state index is 0.151. The van der Waals surface area contributed by atoms with E-state index in [0.29, 0.717) is 29.2 Å². The summed E-state index contributed by atoms with van der Waals surface area (Å²) in [6.45, 7) is 2.38. The summed E-state index contributed by atoms with van der Waals surface area (Å²) >= 11 is 0. The summed E-state index contributed by atoms with van der Waals surface area (Å²) in [5.41, 5.74) is 1.59. The average molecular weight is 421 g/mol. The molecule has 0 aliphatic rings. The number of nitrogens with one attached hydrogen (secondary N) is 3. The summed E-state index contributed by atoms with van der Waals surface area (Å²) in [4.78, 5) is 36.1. The molecule has 31 heavy (non-hydrogen) atoms. The van der Waals surface area contributed by atoms with Crippen LogP contribution in [0.3, 0.4) is 0 Å². The smallest absolute Gasteiger partial charge is 0.291 e. The maximum atomic E-state index is 12.2. The molecule has 8 nitrogen and oxygen atoms in total. The zero-order valence-electron chi connectivity index (χ0n) is 17.0. The number of carbonyl (C=O) groups is 3. The zero-order valence-corrected chi connectivity index (χ0v) is 17.0. The summed E-state index contributed by atoms with van der Waals surface area (Å²) in [7, 11) is 0. The Kier molecular flexibility index (Phi) is 7.42. The van der Waals surface area contributed by atoms with E-state index in [2.05, 4.69) is 16.0 Å². The van der Waals surface area contributed by atoms with Gasteiger partial charge >= 0.3 is 0 Å². The number of benzene rings is 2. The van der Waals surface area contributed by atoms with Crippen molar-refractivity contribution in [2.75, 3.05) is 23.8 Å². The number of hydrogen-bond donors (Lipinski definition) is 3. The van der Waals surface area contributed by atoms with Crippen molar-refractivity contribution in [1.82, 2.24) is 5.32 Å². The zero-order chi connectivity index (χ0) is 22.1. The van der Waals surface area contributed by atoms with Gasteiger partial charge < -0.3 is 25.1 Å². The van der Waals surface area contributed by atoms with Gasteiger partial charge in [0.2, 0.25) is 0 Å². The Hall–Kier alpha value is -4.07. The number of ether oxygens (including phenoxy) is 1. The van der Waals surface area contributed by atoms with Crippen molar-refractivity contribution in [3.8, 4) is 5.75 Å². The predicted molar refractivity (Wildman–Crippen MR) is 116 cm³/mol. The van der Waals surface area contributed by atoms with E-state index in [4.69, 9.17) is 9.15 Å². The Morgan fingerprint density at radius 2 is 1.71 bits per heavy atom. The maximum absolute atomic E-state index is 12.2. The van der Waals surface area contributed by atoms with Crippen LogP contribution >= 0.6 is 0 Å². The first-order valence-corrected chi connectivity index (χ1v) is 9.81. The normalized spacial score (nSPS) is 10.2. The summed E-state index contributed by atoms with van der Waals surface area (Å²) in [5.74, 6) is -0.267. The molecule has 160 valence electrons. The Balaban J connectivity index is 1.49. The molecule has 3 rings (SSSR count). The van der Waals surface area contributed by atoms with Gasteiger partial charge in [0.1, 0.15) is 5.75 Å². The highest BCUT2D eigenvalue weighted by molar-refractivity contribution is 6.02. The minimum Gasteiger partial charge on any atom is -0.484 e. The van der Waals surface area contributed by atoms with Crippen molar-refractivity contribution in [3.05, 3.63) is 78.3 Å². The minimum atomic E-state index is -0.383. The third-order valence-corrected chi connectivity index (χ3v) is 4.17. The molecule has 8 heteroatoms. The fourth-order valence-corrected chi connectivity index (χ4v) is 2.66. The van der Waals surface area contributed by atoms with Crippen molar-refractivity contribution in [3.63, 3.8) is 0 Å². The van der Waals surface area contributed by atoms with Gasteiger partial charge in [-0.15, -0.1) is 0 Å². The molecule has 3 amide bonds. The molecular weight excluding hydrogens is 398 g/mol. The van der Waals surface area contributed by atoms with Gasteiger partial charge in [-0.25, -0.2) is 0 Å². The van der Waals surface area contributed by atoms with Gasteiger partial charge in [-0.2, -0.15) is 0 Å². The first-order chi connectivity index (χ1) is 15.0. The molecule has 0 aliphatic carbocycles. The SMILES string of the molecule is CCCNC(=O)c1ccc(NC(=O)COc2cccc(NC(=O)c3ccco3)c2)cc1. The van der Waals surface area contributed by atoms with Crippen molar-refractivity contribution in [1.29, 1.82) is 0 Å². The lowest BCUT2D eigenvalue weighted by atomic mass is 10.2. The predicted octanol–water partition coefficient (Wildman–Crippen LogP) is 3.69. The number of furan rings is 1. The topological polar surface area (TPSA) is 110 Å². The van der Waals surface area contributed by atoms with E-state index < -0.39 is 0 Å². The molecule has 2 aromatic carbocycles. The van der Waals surface area contributed by atoms with Gasteiger partial charge in [0.15, 0.2) is 12.4 Å². The van der Waals surface area contributed by atoms with Crippen LogP contribution in [0.25, 0.3) is 0 Å². The largest absolute Gasteiger partial charge is 0.484 e. The van der Waals surface area contributed by atoms with Gasteiger partial charge in [-0.1, -0.05) is 13.0 Å². The lowest BCUT2D eigenvalue weighted by Crippen LogP contribution is -2.24. The Labute approximate surface area is 179 Å². The van der Waals surface area contributed by atoms with Crippen molar-refractivity contribution in [2.45, 2.75) is 13.3 Å². The molecule has 0 spiro atoms. The molecule has 0 saturated carbocycles. The Morgan fingerprint density at radius 1 is 0.903 bits per heavy atom. The van der Waals surface area contributed by atoms with Crippen LogP contribution in [0.15, 0.2) is 71.3 Å². The molecular formula is C23H23N3O5. The van der Waals surface area contributed by atoms with E-state index in [1.54, 1.807) is 60.7 Å². The monoisotopic (exact) mass is 421 g/mol. The molecule has 3 N–H and O–H groups in total. The van der Waals surface area contributed by atoms with E-state index in [1.807, 2.05) is 6.92 Å². The third-order valence-electron chi connectivity index (χ3n) is 4.17. The molecule has 0 fully saturated rings. The highest BCUT2D eigenvalue weighted by Gasteiger charge is 2.10. The van der Waals surface area contributed by atoms with E-state index in [1.165, 1.54) is 6.26 Å². The van der Waals surface area contributed by atoms with Crippen LogP contribution in [-0.2, 0) is 4.79 Å². The second-order valence-electron chi connectivity index (χ2n) is 6.63. The number of hydrogen-bond acceptors (Lipinski definition) is 5. The molecule has 0 bridgehead atoms. The standard InChI is InChI=1S/C23H23N3O5/c1-2-12-24-22(28)16-8-10-17(11-9-16)25-21(27)15-31-19-6-3-5-18(14-19)26-23(29)20-7-4-13-30-20/h3-11,13-14H,2,12,15H2,1H3,(H,24,28)(H,25,27)(H,26,29). The van der Waals surface area contributed by atoms with Crippen LogP contribution in [-0.4, -0.2) is 30.9 Å². The Morgan fingerprint density at radius 3 is 2.42 bits per heavy atom. The van der Waals surface area contributed by atoms with Crippen molar-refractivity contribution in [2.24, 2.45) is 0 Å². The first kappa shape index (κ1) is 21.6. The molecule has 1 aromatic heterocycles. The van der Waals surface area contributed by atoms with Crippen LogP contribution < -0.4 is 20.7 Å². The number of amides is 3. The van der Waals surface area contributed by atoms with Crippen LogP contribution in [0.1, 0.15) is 34.3 Å². The molecule has 0 radical (unpaired) electrons. The lowest BCUT2D eigenvalue weighted by Gasteiger charge is -2.10. The maximum Gasteiger partial charge on any atom is 0.291 e. The van der Waals surface area contributed by atoms with Crippen LogP contribution in [0, 0.1) is 0 Å². The summed E-state index contributed by atoms with van der Waals surface area (Å²) in [6, 6.07) is 16.5. The molecule has 0 aliphatic heterocycles. The molecule has 0 saturated heterocycles. The highest BCUT2D eigenvalue weighted by Crippen LogP contribution is 2.18. The number of anilines is 2. The fourth-order valence-electron chi connectivity index (χ4n) is 2.66. The third kappa shape index (κ3) is 6.46. The Bertz CT molecular complexity index is 1030. The van der Waals surface area contributed by atoms with Crippen molar-refractivity contribution < 1.29 is 23.5 Å². The van der Waals surface area contributed by atoms with Gasteiger partial charge in [-0.3, -0.25) is 14.4 Å². The quantitative estimate of drug-likeness (QED) is 0.488. The average Bonchev–Trinajstić information content (AvgIpc) is 3.32. The fraction of sp³-hybridized carbons (Fsp3) is 0.174. The second-order valence-corrected chi connectivity index (χ2v) is 6.63. The van der Waals surface area contributed by atoms with E-state index in [0.717, 1.165) is 6.42 Å². The second kappa shape index (κ2) is 10.6. The first-order valence-electron chi connectivity index (χ1n) is 9.81. The molecule has 1 heterocycles. The van der Waals surface area contributed by atoms with Crippen LogP contribution in [0.5, 0.6) is 5.75 Å². The van der Waals surface area contributed by atoms with E-state index in [9.17, 15) is 14.4 Å². The van der Waals surface area contributed by atoms with Crippen LogP contribution in [0.4, 0.5) is 11.4 Å². The molecule has 0 unspecified atom stereocenters. The van der Waals surface area contributed by atoms with Gasteiger partial charge in [0, 0.05) is 29.5 Å². The molecule has 3 aromatic rings. The highest BCUT2D eigenvalue weighted by atomic mass is 16.5. The number of rotatable bonds is 9. The van der Waals surface area contributed by atoms with Crippen LogP contribution in [0.2, 0.25) is 0 Å². The van der Waals surface area contributed by atoms with Gasteiger partial charge in [-0.05, 0) is 55.0 Å². The summed E-state index contributed by atoms with van der Waals surface area (Å²) < 4.78 is 10.6. The summed E-state index contributed by atoms with van der Waals surface area (Å²) in [5, 5.41) is 8.20. The van der Waals surface area contributed by atoms with Gasteiger partial charge in [0.25, 0.3) is 17.7 Å².